The van der Waals surface area contributed by atoms with E-state index in [1.54, 1.807) is 6.92 Å². The minimum Gasteiger partial charge on any atom is -0.381 e. The third kappa shape index (κ3) is 4.77. The zero-order valence-corrected chi connectivity index (χ0v) is 13.6. The van der Waals surface area contributed by atoms with Crippen LogP contribution in [0.3, 0.4) is 0 Å². The van der Waals surface area contributed by atoms with Crippen LogP contribution in [0.25, 0.3) is 0 Å². The maximum Gasteiger partial charge on any atom is 0.252 e. The Morgan fingerprint density at radius 3 is 2.81 bits per heavy atom. The summed E-state index contributed by atoms with van der Waals surface area (Å²) in [5.74, 6) is 0.463. The topological polar surface area (TPSA) is 98.5 Å². The molecule has 1 aliphatic rings. The average Bonchev–Trinajstić information content (AvgIpc) is 3.13. The summed E-state index contributed by atoms with van der Waals surface area (Å²) in [7, 11) is -3.76. The van der Waals surface area contributed by atoms with Crippen molar-refractivity contribution >= 4 is 27.3 Å². The molecule has 2 rings (SSSR count). The third-order valence-electron chi connectivity index (χ3n) is 3.30. The molecule has 3 N–H and O–H groups in total. The molecular weight excluding hydrogens is 312 g/mol. The lowest BCUT2D eigenvalue weighted by molar-refractivity contribution is 0.0937. The normalized spacial score (nSPS) is 15.1. The van der Waals surface area contributed by atoms with Crippen molar-refractivity contribution in [3.8, 4) is 0 Å². The van der Waals surface area contributed by atoms with E-state index in [0.717, 1.165) is 30.3 Å². The number of thiophene rings is 1. The van der Waals surface area contributed by atoms with Gasteiger partial charge < -0.3 is 10.1 Å². The highest BCUT2D eigenvalue weighted by Gasteiger charge is 2.21. The van der Waals surface area contributed by atoms with E-state index in [4.69, 9.17) is 9.88 Å². The van der Waals surface area contributed by atoms with Crippen molar-refractivity contribution in [3.05, 3.63) is 16.5 Å². The van der Waals surface area contributed by atoms with Gasteiger partial charge in [0.25, 0.3) is 5.91 Å². The van der Waals surface area contributed by atoms with E-state index in [-0.39, 0.29) is 10.1 Å². The molecule has 0 saturated heterocycles. The van der Waals surface area contributed by atoms with Gasteiger partial charge in [-0.2, -0.15) is 0 Å². The highest BCUT2D eigenvalue weighted by molar-refractivity contribution is 7.91. The lowest BCUT2D eigenvalue weighted by Crippen LogP contribution is -2.25. The van der Waals surface area contributed by atoms with E-state index in [1.807, 2.05) is 0 Å². The van der Waals surface area contributed by atoms with Gasteiger partial charge in [-0.3, -0.25) is 4.79 Å². The summed E-state index contributed by atoms with van der Waals surface area (Å²) in [4.78, 5) is 12.0. The highest BCUT2D eigenvalue weighted by atomic mass is 32.2. The zero-order chi connectivity index (χ0) is 15.5. The summed E-state index contributed by atoms with van der Waals surface area (Å²) in [6.07, 6.45) is 3.27. The van der Waals surface area contributed by atoms with Gasteiger partial charge in [-0.1, -0.05) is 0 Å². The lowest BCUT2D eigenvalue weighted by atomic mass is 10.2. The summed E-state index contributed by atoms with van der Waals surface area (Å²) in [5.41, 5.74) is 0.771. The number of carbonyl (C=O) groups excluding carboxylic acids is 1. The summed E-state index contributed by atoms with van der Waals surface area (Å²) < 4.78 is 28.2. The Hall–Kier alpha value is -0.960. The van der Waals surface area contributed by atoms with Crippen LogP contribution in [-0.4, -0.2) is 34.1 Å². The molecule has 1 aromatic rings. The number of amides is 1. The quantitative estimate of drug-likeness (QED) is 0.700. The van der Waals surface area contributed by atoms with Gasteiger partial charge in [0.05, 0.1) is 5.56 Å². The Morgan fingerprint density at radius 1 is 1.52 bits per heavy atom. The van der Waals surface area contributed by atoms with Crippen LogP contribution in [0.5, 0.6) is 0 Å². The van der Waals surface area contributed by atoms with Gasteiger partial charge in [-0.05, 0) is 37.7 Å². The number of nitrogens with two attached hydrogens (primary N) is 1. The molecule has 0 aromatic carbocycles. The van der Waals surface area contributed by atoms with E-state index in [2.05, 4.69) is 5.32 Å². The maximum atomic E-state index is 12.0. The molecule has 1 heterocycles. The van der Waals surface area contributed by atoms with Gasteiger partial charge in [0.2, 0.25) is 10.0 Å². The van der Waals surface area contributed by atoms with Gasteiger partial charge in [-0.25, -0.2) is 13.6 Å². The molecule has 0 radical (unpaired) electrons. The third-order valence-corrected chi connectivity index (χ3v) is 5.98. The predicted octanol–water partition coefficient (Wildman–Crippen LogP) is 1.25. The molecule has 1 fully saturated rings. The van der Waals surface area contributed by atoms with Gasteiger partial charge in [0.15, 0.2) is 0 Å². The fraction of sp³-hybridized carbons (Fsp3) is 0.615. The van der Waals surface area contributed by atoms with E-state index < -0.39 is 10.0 Å². The number of primary sulfonamides is 1. The predicted molar refractivity (Wildman–Crippen MR) is 80.9 cm³/mol. The first kappa shape index (κ1) is 16.4. The van der Waals surface area contributed by atoms with Crippen molar-refractivity contribution in [1.29, 1.82) is 0 Å². The zero-order valence-electron chi connectivity index (χ0n) is 11.9. The molecule has 1 aliphatic carbocycles. The van der Waals surface area contributed by atoms with Gasteiger partial charge in [-0.15, -0.1) is 11.3 Å². The van der Waals surface area contributed by atoms with Gasteiger partial charge in [0, 0.05) is 25.1 Å². The summed E-state index contributed by atoms with van der Waals surface area (Å²) in [5, 5.41) is 9.37. The second-order valence-corrected chi connectivity index (χ2v) is 7.87. The van der Waals surface area contributed by atoms with Crippen molar-refractivity contribution in [1.82, 2.24) is 5.32 Å². The number of sulfonamides is 1. The summed E-state index contributed by atoms with van der Waals surface area (Å²) >= 11 is 0.970. The molecule has 118 valence electrons. The van der Waals surface area contributed by atoms with Crippen molar-refractivity contribution < 1.29 is 17.9 Å². The standard InChI is InChI=1S/C13H20N2O4S2/c1-9-11(8-20-13(9)21(14,17)18)12(16)15-5-2-6-19-7-10-3-4-10/h8,10H,2-7H2,1H3,(H,15,16)(H2,14,17,18). The van der Waals surface area contributed by atoms with E-state index in [9.17, 15) is 13.2 Å². The Kier molecular flexibility index (Phi) is 5.37. The molecule has 0 spiro atoms. The van der Waals surface area contributed by atoms with Crippen molar-refractivity contribution in [2.45, 2.75) is 30.4 Å². The number of nitrogens with one attached hydrogen (secondary N) is 1. The van der Waals surface area contributed by atoms with Crippen LogP contribution >= 0.6 is 11.3 Å². The average molecular weight is 332 g/mol. The fourth-order valence-electron chi connectivity index (χ4n) is 1.91. The van der Waals surface area contributed by atoms with E-state index in [0.29, 0.717) is 24.3 Å². The van der Waals surface area contributed by atoms with Gasteiger partial charge >= 0.3 is 0 Å². The maximum absolute atomic E-state index is 12.0. The number of ether oxygens (including phenoxy) is 1. The molecular formula is C13H20N2O4S2. The molecule has 0 atom stereocenters. The first-order valence-electron chi connectivity index (χ1n) is 6.86. The van der Waals surface area contributed by atoms with Crippen molar-refractivity contribution in [3.63, 3.8) is 0 Å². The molecule has 1 saturated carbocycles. The minimum atomic E-state index is -3.76. The summed E-state index contributed by atoms with van der Waals surface area (Å²) in [6, 6.07) is 0. The molecule has 0 unspecified atom stereocenters. The van der Waals surface area contributed by atoms with Crippen LogP contribution in [0.1, 0.15) is 35.2 Å². The molecule has 1 amide bonds. The van der Waals surface area contributed by atoms with Crippen LogP contribution in [0.4, 0.5) is 0 Å². The van der Waals surface area contributed by atoms with E-state index >= 15 is 0 Å². The second kappa shape index (κ2) is 6.87. The molecule has 0 aliphatic heterocycles. The van der Waals surface area contributed by atoms with Crippen LogP contribution in [-0.2, 0) is 14.8 Å². The summed E-state index contributed by atoms with van der Waals surface area (Å²) in [6.45, 7) is 3.53. The van der Waals surface area contributed by atoms with E-state index in [1.165, 1.54) is 18.2 Å². The van der Waals surface area contributed by atoms with Crippen LogP contribution in [0, 0.1) is 12.8 Å². The number of rotatable bonds is 8. The Balaban J connectivity index is 1.76. The van der Waals surface area contributed by atoms with Gasteiger partial charge in [0.1, 0.15) is 4.21 Å². The monoisotopic (exact) mass is 332 g/mol. The van der Waals surface area contributed by atoms with Crippen molar-refractivity contribution in [2.75, 3.05) is 19.8 Å². The van der Waals surface area contributed by atoms with Crippen LogP contribution < -0.4 is 10.5 Å². The van der Waals surface area contributed by atoms with Crippen LogP contribution in [0.15, 0.2) is 9.59 Å². The molecule has 8 heteroatoms. The highest BCUT2D eigenvalue weighted by Crippen LogP contribution is 2.28. The number of hydrogen-bond acceptors (Lipinski definition) is 5. The minimum absolute atomic E-state index is 0.0421. The molecule has 0 bridgehead atoms. The lowest BCUT2D eigenvalue weighted by Gasteiger charge is -2.06. The fourth-order valence-corrected chi connectivity index (χ4v) is 3.92. The smallest absolute Gasteiger partial charge is 0.252 e. The first-order valence-corrected chi connectivity index (χ1v) is 9.29. The SMILES string of the molecule is Cc1c(C(=O)NCCCOCC2CC2)csc1S(N)(=O)=O. The first-order chi connectivity index (χ1) is 9.89. The largest absolute Gasteiger partial charge is 0.381 e. The van der Waals surface area contributed by atoms with Crippen LogP contribution in [0.2, 0.25) is 0 Å². The molecule has 6 nitrogen and oxygen atoms in total. The molecule has 21 heavy (non-hydrogen) atoms. The molecule has 1 aromatic heterocycles. The second-order valence-electron chi connectivity index (χ2n) is 5.23. The number of carbonyl (C=O) groups is 1. The Morgan fingerprint density at radius 2 is 2.24 bits per heavy atom. The Bertz CT molecular complexity index is 606. The van der Waals surface area contributed by atoms with Crippen molar-refractivity contribution in [2.24, 2.45) is 11.1 Å². The Labute approximate surface area is 128 Å². The number of hydrogen-bond donors (Lipinski definition) is 2.